The van der Waals surface area contributed by atoms with Gasteiger partial charge in [0.1, 0.15) is 11.1 Å². The van der Waals surface area contributed by atoms with Crippen molar-refractivity contribution in [2.75, 3.05) is 30.0 Å². The Morgan fingerprint density at radius 1 is 1.53 bits per heavy atom. The average Bonchev–Trinajstić information content (AvgIpc) is 2.38. The van der Waals surface area contributed by atoms with Gasteiger partial charge >= 0.3 is 0 Å². The maximum absolute atomic E-state index is 12.3. The molecule has 1 saturated heterocycles. The Bertz CT molecular complexity index is 571. The monoisotopic (exact) mass is 301 g/mol. The average molecular weight is 301 g/mol. The second-order valence-corrected chi connectivity index (χ2v) is 7.69. The van der Waals surface area contributed by atoms with Gasteiger partial charge in [-0.15, -0.1) is 0 Å². The van der Waals surface area contributed by atoms with Crippen LogP contribution in [0.1, 0.15) is 10.5 Å². The lowest BCUT2D eigenvalue weighted by Crippen LogP contribution is -2.50. The van der Waals surface area contributed by atoms with E-state index in [2.05, 4.69) is 4.98 Å². The standard InChI is InChI=1S/C11H15N3O3S2/c1-19(16,17)10-7-18-5-4-14(10)11(15)9-3-2-8(12)6-13-9/h2-3,6,10H,4-5,7,12H2,1H3. The van der Waals surface area contributed by atoms with E-state index >= 15 is 0 Å². The predicted molar refractivity (Wildman–Crippen MR) is 75.6 cm³/mol. The third-order valence-electron chi connectivity index (χ3n) is 2.85. The van der Waals surface area contributed by atoms with Crippen LogP contribution in [0.2, 0.25) is 0 Å². The van der Waals surface area contributed by atoms with Crippen molar-refractivity contribution in [3.8, 4) is 0 Å². The number of sulfone groups is 1. The van der Waals surface area contributed by atoms with Gasteiger partial charge in [0.05, 0.1) is 11.9 Å². The van der Waals surface area contributed by atoms with Gasteiger partial charge in [-0.2, -0.15) is 11.8 Å². The minimum atomic E-state index is -3.30. The van der Waals surface area contributed by atoms with Gasteiger partial charge in [-0.3, -0.25) is 4.79 Å². The number of aromatic nitrogens is 1. The molecule has 19 heavy (non-hydrogen) atoms. The molecule has 0 aliphatic carbocycles. The summed E-state index contributed by atoms with van der Waals surface area (Å²) in [6, 6.07) is 3.09. The molecule has 104 valence electrons. The maximum atomic E-state index is 12.3. The van der Waals surface area contributed by atoms with Crippen LogP contribution in [0.5, 0.6) is 0 Å². The fourth-order valence-electron chi connectivity index (χ4n) is 1.85. The van der Waals surface area contributed by atoms with Crippen LogP contribution in [0.15, 0.2) is 18.3 Å². The molecule has 0 aromatic carbocycles. The van der Waals surface area contributed by atoms with Gasteiger partial charge in [0.25, 0.3) is 5.91 Å². The van der Waals surface area contributed by atoms with Gasteiger partial charge in [0.2, 0.25) is 0 Å². The third-order valence-corrected chi connectivity index (χ3v) is 5.49. The highest BCUT2D eigenvalue weighted by molar-refractivity contribution is 8.00. The lowest BCUT2D eigenvalue weighted by molar-refractivity contribution is 0.0744. The zero-order valence-electron chi connectivity index (χ0n) is 10.4. The number of hydrogen-bond acceptors (Lipinski definition) is 6. The van der Waals surface area contributed by atoms with E-state index in [9.17, 15) is 13.2 Å². The Morgan fingerprint density at radius 2 is 2.26 bits per heavy atom. The first kappa shape index (κ1) is 14.1. The number of carbonyl (C=O) groups is 1. The van der Waals surface area contributed by atoms with Gasteiger partial charge in [-0.25, -0.2) is 13.4 Å². The maximum Gasteiger partial charge on any atom is 0.273 e. The van der Waals surface area contributed by atoms with E-state index < -0.39 is 15.2 Å². The molecule has 1 aromatic rings. The van der Waals surface area contributed by atoms with Crippen molar-refractivity contribution in [1.29, 1.82) is 0 Å². The number of nitrogens with two attached hydrogens (primary N) is 1. The fourth-order valence-corrected chi connectivity index (χ4v) is 4.66. The molecule has 1 aliphatic rings. The van der Waals surface area contributed by atoms with Gasteiger partial charge in [0, 0.05) is 24.3 Å². The van der Waals surface area contributed by atoms with E-state index in [0.717, 1.165) is 12.0 Å². The molecule has 1 unspecified atom stereocenters. The van der Waals surface area contributed by atoms with Crippen LogP contribution in [-0.2, 0) is 9.84 Å². The van der Waals surface area contributed by atoms with Crippen molar-refractivity contribution in [3.05, 3.63) is 24.0 Å². The Hall–Kier alpha value is -1.28. The summed E-state index contributed by atoms with van der Waals surface area (Å²) in [5, 5.41) is -0.780. The Labute approximate surface area is 116 Å². The number of nitrogen functional groups attached to an aromatic ring is 1. The Balaban J connectivity index is 2.27. The zero-order chi connectivity index (χ0) is 14.0. The Morgan fingerprint density at radius 3 is 2.84 bits per heavy atom. The van der Waals surface area contributed by atoms with Gasteiger partial charge in [-0.1, -0.05) is 0 Å². The molecule has 1 aromatic heterocycles. The van der Waals surface area contributed by atoms with Crippen LogP contribution in [0.3, 0.4) is 0 Å². The number of anilines is 1. The molecule has 6 nitrogen and oxygen atoms in total. The Kier molecular flexibility index (Phi) is 4.00. The number of amides is 1. The molecule has 2 heterocycles. The quantitative estimate of drug-likeness (QED) is 0.840. The highest BCUT2D eigenvalue weighted by Gasteiger charge is 2.34. The number of rotatable bonds is 2. The molecule has 2 N–H and O–H groups in total. The summed E-state index contributed by atoms with van der Waals surface area (Å²) < 4.78 is 23.5. The molecule has 0 radical (unpaired) electrons. The molecular formula is C11H15N3O3S2. The number of thioether (sulfide) groups is 1. The summed E-state index contributed by atoms with van der Waals surface area (Å²) in [5.74, 6) is 0.766. The van der Waals surface area contributed by atoms with Crippen molar-refractivity contribution in [2.45, 2.75) is 5.37 Å². The number of nitrogens with zero attached hydrogens (tertiary/aromatic N) is 2. The minimum absolute atomic E-state index is 0.217. The highest BCUT2D eigenvalue weighted by atomic mass is 32.2. The summed E-state index contributed by atoms with van der Waals surface area (Å²) in [6.45, 7) is 0.410. The SMILES string of the molecule is CS(=O)(=O)C1CSCCN1C(=O)c1ccc(N)cn1. The normalized spacial score (nSPS) is 20.3. The van der Waals surface area contributed by atoms with E-state index in [-0.39, 0.29) is 11.6 Å². The molecule has 2 rings (SSSR count). The summed E-state index contributed by atoms with van der Waals surface area (Å²) in [6.07, 6.45) is 2.54. The van der Waals surface area contributed by atoms with E-state index in [1.165, 1.54) is 28.9 Å². The fraction of sp³-hybridized carbons (Fsp3) is 0.455. The van der Waals surface area contributed by atoms with Crippen molar-refractivity contribution < 1.29 is 13.2 Å². The smallest absolute Gasteiger partial charge is 0.273 e. The summed E-state index contributed by atoms with van der Waals surface area (Å²) in [5.41, 5.74) is 6.20. The molecule has 1 aliphatic heterocycles. The summed E-state index contributed by atoms with van der Waals surface area (Å²) in [7, 11) is -3.30. The molecule has 0 bridgehead atoms. The lowest BCUT2D eigenvalue weighted by atomic mass is 10.3. The first-order chi connectivity index (χ1) is 8.89. The van der Waals surface area contributed by atoms with E-state index in [4.69, 9.17) is 5.73 Å². The minimum Gasteiger partial charge on any atom is -0.397 e. The van der Waals surface area contributed by atoms with Crippen LogP contribution in [-0.4, -0.2) is 53.9 Å². The molecule has 1 atom stereocenters. The highest BCUT2D eigenvalue weighted by Crippen LogP contribution is 2.22. The summed E-state index contributed by atoms with van der Waals surface area (Å²) in [4.78, 5) is 17.6. The van der Waals surface area contributed by atoms with Crippen molar-refractivity contribution in [1.82, 2.24) is 9.88 Å². The van der Waals surface area contributed by atoms with E-state index in [0.29, 0.717) is 18.0 Å². The van der Waals surface area contributed by atoms with Crippen LogP contribution in [0.4, 0.5) is 5.69 Å². The second-order valence-electron chi connectivity index (χ2n) is 4.33. The van der Waals surface area contributed by atoms with E-state index in [1.54, 1.807) is 6.07 Å². The van der Waals surface area contributed by atoms with Crippen LogP contribution < -0.4 is 5.73 Å². The largest absolute Gasteiger partial charge is 0.397 e. The third kappa shape index (κ3) is 3.19. The molecular weight excluding hydrogens is 286 g/mol. The van der Waals surface area contributed by atoms with Crippen LogP contribution >= 0.6 is 11.8 Å². The van der Waals surface area contributed by atoms with Gasteiger partial charge in [0.15, 0.2) is 9.84 Å². The van der Waals surface area contributed by atoms with Crippen molar-refractivity contribution in [2.24, 2.45) is 0 Å². The van der Waals surface area contributed by atoms with Crippen molar-refractivity contribution >= 4 is 33.2 Å². The first-order valence-corrected chi connectivity index (χ1v) is 8.79. The van der Waals surface area contributed by atoms with Crippen LogP contribution in [0, 0.1) is 0 Å². The molecule has 0 saturated carbocycles. The van der Waals surface area contributed by atoms with Gasteiger partial charge < -0.3 is 10.6 Å². The molecule has 1 amide bonds. The first-order valence-electron chi connectivity index (χ1n) is 5.68. The zero-order valence-corrected chi connectivity index (χ0v) is 12.1. The molecule has 0 spiro atoms. The van der Waals surface area contributed by atoms with Gasteiger partial charge in [-0.05, 0) is 12.1 Å². The number of carbonyl (C=O) groups excluding carboxylic acids is 1. The topological polar surface area (TPSA) is 93.4 Å². The second kappa shape index (κ2) is 5.38. The number of hydrogen-bond donors (Lipinski definition) is 1. The predicted octanol–water partition coefficient (Wildman–Crippen LogP) is 0.223. The summed E-state index contributed by atoms with van der Waals surface area (Å²) >= 11 is 1.54. The van der Waals surface area contributed by atoms with Crippen LogP contribution in [0.25, 0.3) is 0 Å². The lowest BCUT2D eigenvalue weighted by Gasteiger charge is -2.33. The molecule has 1 fully saturated rings. The number of pyridine rings is 1. The van der Waals surface area contributed by atoms with Crippen molar-refractivity contribution in [3.63, 3.8) is 0 Å². The van der Waals surface area contributed by atoms with E-state index in [1.807, 2.05) is 0 Å². The molecule has 8 heteroatoms.